The number of thioether (sulfide) groups is 2. The molecule has 26 heavy (non-hydrogen) atoms. The fourth-order valence-corrected chi connectivity index (χ4v) is 4.25. The van der Waals surface area contributed by atoms with Gasteiger partial charge in [0.15, 0.2) is 11.5 Å². The van der Waals surface area contributed by atoms with Crippen molar-refractivity contribution in [2.24, 2.45) is 4.99 Å². The number of benzene rings is 2. The van der Waals surface area contributed by atoms with Crippen LogP contribution in [0.25, 0.3) is 6.08 Å². The highest BCUT2D eigenvalue weighted by molar-refractivity contribution is 8.45. The van der Waals surface area contributed by atoms with Crippen molar-refractivity contribution in [1.82, 2.24) is 0 Å². The number of carbonyl (C=O) groups is 1. The lowest BCUT2D eigenvalue weighted by molar-refractivity contribution is -0.107. The van der Waals surface area contributed by atoms with Crippen LogP contribution in [0.4, 0.5) is 0 Å². The van der Waals surface area contributed by atoms with E-state index in [0.29, 0.717) is 23.8 Å². The molecule has 2 aromatic rings. The normalized spacial score (nSPS) is 15.2. The predicted octanol–water partition coefficient (Wildman–Crippen LogP) is 5.00. The van der Waals surface area contributed by atoms with Crippen molar-refractivity contribution >= 4 is 39.1 Å². The Hall–Kier alpha value is -2.18. The number of methoxy groups -OCH3 is 1. The van der Waals surface area contributed by atoms with E-state index in [1.807, 2.05) is 43.3 Å². The van der Waals surface area contributed by atoms with Crippen molar-refractivity contribution < 1.29 is 14.3 Å². The first kappa shape index (κ1) is 18.6. The molecular formula is C20H19NO3S2. The number of rotatable bonds is 6. The molecule has 134 valence electrons. The second kappa shape index (κ2) is 8.96. The summed E-state index contributed by atoms with van der Waals surface area (Å²) in [5.74, 6) is 2.06. The van der Waals surface area contributed by atoms with Crippen molar-refractivity contribution in [2.75, 3.05) is 13.7 Å². The third kappa shape index (κ3) is 4.51. The van der Waals surface area contributed by atoms with Crippen molar-refractivity contribution in [1.29, 1.82) is 0 Å². The zero-order chi connectivity index (χ0) is 18.4. The van der Waals surface area contributed by atoms with Crippen LogP contribution in [0.1, 0.15) is 18.1 Å². The van der Waals surface area contributed by atoms with Crippen LogP contribution in [0.3, 0.4) is 0 Å². The largest absolute Gasteiger partial charge is 0.492 e. The zero-order valence-electron chi connectivity index (χ0n) is 14.6. The van der Waals surface area contributed by atoms with Gasteiger partial charge in [0.05, 0.1) is 13.7 Å². The molecule has 0 N–H and O–H groups in total. The third-order valence-electron chi connectivity index (χ3n) is 3.61. The van der Waals surface area contributed by atoms with Gasteiger partial charge in [0.25, 0.3) is 0 Å². The van der Waals surface area contributed by atoms with Crippen LogP contribution in [0.2, 0.25) is 0 Å². The van der Waals surface area contributed by atoms with E-state index in [9.17, 15) is 4.79 Å². The quantitative estimate of drug-likeness (QED) is 0.655. The number of hydrogen-bond donors (Lipinski definition) is 0. The number of nitrogens with zero attached hydrogens (tertiary/aromatic N) is 1. The summed E-state index contributed by atoms with van der Waals surface area (Å²) in [5.41, 5.74) is 2.41. The minimum atomic E-state index is -0.0515. The Morgan fingerprint density at radius 3 is 2.69 bits per heavy atom. The molecule has 1 aliphatic heterocycles. The molecule has 0 spiro atoms. The SMILES string of the molecule is CCOc1cccc(C=C2N=C(SCc3ccccc3)SC2=O)c1OC. The number of carbonyl (C=O) groups excluding carboxylic acids is 1. The van der Waals surface area contributed by atoms with Gasteiger partial charge in [-0.25, -0.2) is 4.99 Å². The molecular weight excluding hydrogens is 366 g/mol. The lowest BCUT2D eigenvalue weighted by Gasteiger charge is -2.11. The Morgan fingerprint density at radius 1 is 1.15 bits per heavy atom. The second-order valence-electron chi connectivity index (χ2n) is 5.38. The number of para-hydroxylation sites is 1. The number of hydrogen-bond acceptors (Lipinski definition) is 6. The van der Waals surface area contributed by atoms with Crippen LogP contribution in [0.5, 0.6) is 11.5 Å². The molecule has 0 saturated heterocycles. The molecule has 1 heterocycles. The third-order valence-corrected chi connectivity index (χ3v) is 5.69. The van der Waals surface area contributed by atoms with Crippen LogP contribution >= 0.6 is 23.5 Å². The van der Waals surface area contributed by atoms with Gasteiger partial charge in [0, 0.05) is 11.3 Å². The molecule has 0 fully saturated rings. The lowest BCUT2D eigenvalue weighted by Crippen LogP contribution is -1.97. The Labute approximate surface area is 161 Å². The summed E-state index contributed by atoms with van der Waals surface area (Å²) < 4.78 is 11.8. The molecule has 4 nitrogen and oxygen atoms in total. The topological polar surface area (TPSA) is 47.9 Å². The summed E-state index contributed by atoms with van der Waals surface area (Å²) in [5, 5.41) is -0.0515. The van der Waals surface area contributed by atoms with Gasteiger partial charge in [-0.2, -0.15) is 0 Å². The Kier molecular flexibility index (Phi) is 6.41. The molecule has 0 unspecified atom stereocenters. The maximum Gasteiger partial charge on any atom is 0.244 e. The number of aliphatic imine (C=N–C) groups is 1. The van der Waals surface area contributed by atoms with Crippen LogP contribution in [-0.4, -0.2) is 23.2 Å². The van der Waals surface area contributed by atoms with Gasteiger partial charge < -0.3 is 9.47 Å². The van der Waals surface area contributed by atoms with Crippen molar-refractivity contribution in [2.45, 2.75) is 12.7 Å². The monoisotopic (exact) mass is 385 g/mol. The molecule has 0 atom stereocenters. The van der Waals surface area contributed by atoms with Crippen molar-refractivity contribution in [3.8, 4) is 11.5 Å². The average Bonchev–Trinajstić information content (AvgIpc) is 3.01. The second-order valence-corrected chi connectivity index (χ2v) is 7.57. The van der Waals surface area contributed by atoms with E-state index in [2.05, 4.69) is 17.1 Å². The standard InChI is InChI=1S/C20H19NO3S2/c1-3-24-17-11-7-10-15(18(17)23-2)12-16-19(22)26-20(21-16)25-13-14-8-5-4-6-9-14/h4-12H,3,13H2,1-2H3. The van der Waals surface area contributed by atoms with Gasteiger partial charge >= 0.3 is 0 Å². The van der Waals surface area contributed by atoms with Crippen LogP contribution in [-0.2, 0) is 10.5 Å². The average molecular weight is 386 g/mol. The molecule has 3 rings (SSSR count). The van der Waals surface area contributed by atoms with E-state index in [0.717, 1.165) is 15.7 Å². The zero-order valence-corrected chi connectivity index (χ0v) is 16.2. The fraction of sp³-hybridized carbons (Fsp3) is 0.200. The van der Waals surface area contributed by atoms with Crippen LogP contribution < -0.4 is 9.47 Å². The minimum absolute atomic E-state index is 0.0515. The van der Waals surface area contributed by atoms with Crippen LogP contribution in [0.15, 0.2) is 59.2 Å². The van der Waals surface area contributed by atoms with E-state index in [-0.39, 0.29) is 5.12 Å². The van der Waals surface area contributed by atoms with Crippen molar-refractivity contribution in [3.63, 3.8) is 0 Å². The Balaban J connectivity index is 1.79. The molecule has 6 heteroatoms. The first-order valence-electron chi connectivity index (χ1n) is 8.20. The smallest absolute Gasteiger partial charge is 0.244 e. The van der Waals surface area contributed by atoms with Gasteiger partial charge in [-0.3, -0.25) is 4.79 Å². The van der Waals surface area contributed by atoms with Gasteiger partial charge in [-0.05, 0) is 36.4 Å². The molecule has 2 aromatic carbocycles. The van der Waals surface area contributed by atoms with E-state index >= 15 is 0 Å². The molecule has 0 aliphatic carbocycles. The summed E-state index contributed by atoms with van der Waals surface area (Å²) in [6.07, 6.45) is 1.76. The highest BCUT2D eigenvalue weighted by Gasteiger charge is 2.23. The molecule has 0 radical (unpaired) electrons. The summed E-state index contributed by atoms with van der Waals surface area (Å²) in [6.45, 7) is 2.46. The highest BCUT2D eigenvalue weighted by Crippen LogP contribution is 2.36. The van der Waals surface area contributed by atoms with Crippen LogP contribution in [0, 0.1) is 0 Å². The number of ether oxygens (including phenoxy) is 2. The first-order valence-corrected chi connectivity index (χ1v) is 10.0. The predicted molar refractivity (Wildman–Crippen MR) is 110 cm³/mol. The molecule has 1 aliphatic rings. The molecule has 0 amide bonds. The molecule has 0 saturated carbocycles. The Bertz CT molecular complexity index is 847. The fourth-order valence-electron chi connectivity index (χ4n) is 2.45. The van der Waals surface area contributed by atoms with E-state index in [1.165, 1.54) is 17.3 Å². The van der Waals surface area contributed by atoms with E-state index in [1.54, 1.807) is 24.9 Å². The van der Waals surface area contributed by atoms with Gasteiger partial charge in [0.1, 0.15) is 10.1 Å². The van der Waals surface area contributed by atoms with Gasteiger partial charge in [-0.15, -0.1) is 0 Å². The van der Waals surface area contributed by atoms with E-state index in [4.69, 9.17) is 9.47 Å². The maximum absolute atomic E-state index is 12.3. The summed E-state index contributed by atoms with van der Waals surface area (Å²) >= 11 is 2.75. The molecule has 0 bridgehead atoms. The summed E-state index contributed by atoms with van der Waals surface area (Å²) in [7, 11) is 1.59. The van der Waals surface area contributed by atoms with Crippen molar-refractivity contribution in [3.05, 3.63) is 65.4 Å². The van der Waals surface area contributed by atoms with Gasteiger partial charge in [0.2, 0.25) is 5.12 Å². The molecule has 0 aromatic heterocycles. The first-order chi connectivity index (χ1) is 12.7. The Morgan fingerprint density at radius 2 is 1.96 bits per heavy atom. The van der Waals surface area contributed by atoms with E-state index < -0.39 is 0 Å². The minimum Gasteiger partial charge on any atom is -0.492 e. The van der Waals surface area contributed by atoms with Gasteiger partial charge in [-0.1, -0.05) is 54.2 Å². The summed E-state index contributed by atoms with van der Waals surface area (Å²) in [6, 6.07) is 15.7. The highest BCUT2D eigenvalue weighted by atomic mass is 32.2. The summed E-state index contributed by atoms with van der Waals surface area (Å²) in [4.78, 5) is 16.8. The maximum atomic E-state index is 12.3. The lowest BCUT2D eigenvalue weighted by atomic mass is 10.1.